The topological polar surface area (TPSA) is 6.25 Å². The molecule has 0 atom stereocenters. The maximum Gasteiger partial charge on any atom is 0.234 e. The maximum atomic E-state index is 2.40. The zero-order valence-corrected chi connectivity index (χ0v) is 10.5. The van der Waals surface area contributed by atoms with E-state index >= 15 is 0 Å². The van der Waals surface area contributed by atoms with Crippen LogP contribution in [0.2, 0.25) is 0 Å². The van der Waals surface area contributed by atoms with Crippen molar-refractivity contribution in [3.05, 3.63) is 34.9 Å². The highest BCUT2D eigenvalue weighted by Gasteiger charge is 2.14. The van der Waals surface area contributed by atoms with Crippen molar-refractivity contribution in [2.45, 2.75) is 26.8 Å². The second-order valence-corrected chi connectivity index (χ2v) is 4.92. The summed E-state index contributed by atoms with van der Waals surface area (Å²) >= 11 is 0. The third kappa shape index (κ3) is 2.84. The molecule has 0 radical (unpaired) electrons. The van der Waals surface area contributed by atoms with Crippen LogP contribution in [-0.4, -0.2) is 36.0 Å². The van der Waals surface area contributed by atoms with E-state index < -0.39 is 0 Å². The average Bonchev–Trinajstić information content (AvgIpc) is 2.15. The summed E-state index contributed by atoms with van der Waals surface area (Å²) < 4.78 is 2.27. The van der Waals surface area contributed by atoms with Gasteiger partial charge < -0.3 is 0 Å². The van der Waals surface area contributed by atoms with Crippen LogP contribution in [-0.2, 0) is 6.54 Å². The molecule has 0 aliphatic carbocycles. The lowest BCUT2D eigenvalue weighted by Gasteiger charge is -2.19. The SMILES string of the molecule is Cc1cc(C)cc(CN2C=[N+](C)CCC2)c1. The smallest absolute Gasteiger partial charge is 0.234 e. The van der Waals surface area contributed by atoms with Gasteiger partial charge in [0.1, 0.15) is 6.54 Å². The minimum atomic E-state index is 1.03. The van der Waals surface area contributed by atoms with Crippen LogP contribution in [0.1, 0.15) is 23.1 Å². The van der Waals surface area contributed by atoms with E-state index in [2.05, 4.69) is 54.9 Å². The lowest BCUT2D eigenvalue weighted by molar-refractivity contribution is -0.503. The number of hydrogen-bond donors (Lipinski definition) is 0. The summed E-state index contributed by atoms with van der Waals surface area (Å²) in [5, 5.41) is 0. The van der Waals surface area contributed by atoms with Gasteiger partial charge in [-0.15, -0.1) is 0 Å². The predicted octanol–water partition coefficient (Wildman–Crippen LogP) is 2.18. The summed E-state index contributed by atoms with van der Waals surface area (Å²) in [6.07, 6.45) is 3.50. The van der Waals surface area contributed by atoms with E-state index in [0.29, 0.717) is 0 Å². The molecule has 0 unspecified atom stereocenters. The van der Waals surface area contributed by atoms with Gasteiger partial charge in [0.2, 0.25) is 6.34 Å². The fraction of sp³-hybridized carbons (Fsp3) is 0.500. The van der Waals surface area contributed by atoms with Crippen molar-refractivity contribution in [1.82, 2.24) is 4.90 Å². The molecule has 0 saturated carbocycles. The van der Waals surface area contributed by atoms with E-state index in [4.69, 9.17) is 0 Å². The largest absolute Gasteiger partial charge is 0.271 e. The Morgan fingerprint density at radius 1 is 1.19 bits per heavy atom. The summed E-state index contributed by atoms with van der Waals surface area (Å²) in [5.74, 6) is 0. The molecule has 2 rings (SSSR count). The van der Waals surface area contributed by atoms with E-state index in [1.54, 1.807) is 0 Å². The Hall–Kier alpha value is -1.31. The van der Waals surface area contributed by atoms with Gasteiger partial charge in [0, 0.05) is 6.42 Å². The van der Waals surface area contributed by atoms with Crippen molar-refractivity contribution in [3.63, 3.8) is 0 Å². The van der Waals surface area contributed by atoms with Crippen LogP contribution in [0.5, 0.6) is 0 Å². The summed E-state index contributed by atoms with van der Waals surface area (Å²) in [6.45, 7) is 7.73. The van der Waals surface area contributed by atoms with Crippen LogP contribution in [0.25, 0.3) is 0 Å². The van der Waals surface area contributed by atoms with E-state index in [0.717, 1.165) is 6.54 Å². The Bertz CT molecular complexity index is 387. The Balaban J connectivity index is 2.11. The van der Waals surface area contributed by atoms with E-state index in [1.165, 1.54) is 36.2 Å². The van der Waals surface area contributed by atoms with Gasteiger partial charge in [-0.3, -0.25) is 9.48 Å². The lowest BCUT2D eigenvalue weighted by atomic mass is 10.1. The molecule has 1 aliphatic rings. The normalized spacial score (nSPS) is 16.2. The molecule has 0 aromatic heterocycles. The summed E-state index contributed by atoms with van der Waals surface area (Å²) in [7, 11) is 2.15. The summed E-state index contributed by atoms with van der Waals surface area (Å²) in [5.41, 5.74) is 4.14. The van der Waals surface area contributed by atoms with Crippen molar-refractivity contribution in [3.8, 4) is 0 Å². The fourth-order valence-corrected chi connectivity index (χ4v) is 2.43. The molecule has 16 heavy (non-hydrogen) atoms. The Morgan fingerprint density at radius 3 is 2.50 bits per heavy atom. The first-order valence-corrected chi connectivity index (χ1v) is 6.00. The second kappa shape index (κ2) is 4.69. The molecule has 0 fully saturated rings. The molecule has 2 heteroatoms. The van der Waals surface area contributed by atoms with Gasteiger partial charge in [-0.25, -0.2) is 0 Å². The highest BCUT2D eigenvalue weighted by molar-refractivity contribution is 5.49. The average molecular weight is 217 g/mol. The van der Waals surface area contributed by atoms with Crippen LogP contribution in [0.4, 0.5) is 0 Å². The third-order valence-electron chi connectivity index (χ3n) is 2.98. The van der Waals surface area contributed by atoms with E-state index in [9.17, 15) is 0 Å². The van der Waals surface area contributed by atoms with Gasteiger partial charge in [0.15, 0.2) is 0 Å². The first-order valence-electron chi connectivity index (χ1n) is 6.00. The van der Waals surface area contributed by atoms with Crippen LogP contribution in [0, 0.1) is 13.8 Å². The standard InChI is InChI=1S/C14H21N2/c1-12-7-13(2)9-14(8-12)10-16-6-4-5-15(3)11-16/h7-9,11H,4-6,10H2,1-3H3/q+1. The van der Waals surface area contributed by atoms with Crippen LogP contribution < -0.4 is 0 Å². The first kappa shape index (κ1) is 11.2. The minimum Gasteiger partial charge on any atom is -0.271 e. The maximum absolute atomic E-state index is 2.40. The molecule has 0 saturated heterocycles. The second-order valence-electron chi connectivity index (χ2n) is 4.92. The number of nitrogens with zero attached hydrogens (tertiary/aromatic N) is 2. The number of benzene rings is 1. The van der Waals surface area contributed by atoms with E-state index in [1.807, 2.05) is 0 Å². The van der Waals surface area contributed by atoms with Crippen LogP contribution in [0.3, 0.4) is 0 Å². The van der Waals surface area contributed by atoms with Crippen molar-refractivity contribution in [2.75, 3.05) is 20.1 Å². The highest BCUT2D eigenvalue weighted by Crippen LogP contribution is 2.11. The zero-order chi connectivity index (χ0) is 11.5. The van der Waals surface area contributed by atoms with Crippen molar-refractivity contribution < 1.29 is 4.58 Å². The number of hydrogen-bond acceptors (Lipinski definition) is 1. The Morgan fingerprint density at radius 2 is 1.88 bits per heavy atom. The highest BCUT2D eigenvalue weighted by atomic mass is 15.2. The lowest BCUT2D eigenvalue weighted by Crippen LogP contribution is -2.34. The molecule has 1 heterocycles. The molecule has 1 aromatic carbocycles. The van der Waals surface area contributed by atoms with Crippen molar-refractivity contribution >= 4 is 6.34 Å². The molecule has 0 amide bonds. The monoisotopic (exact) mass is 217 g/mol. The number of rotatable bonds is 2. The molecule has 1 aromatic rings. The zero-order valence-electron chi connectivity index (χ0n) is 10.5. The molecule has 0 spiro atoms. The Labute approximate surface area is 98.2 Å². The molecule has 86 valence electrons. The fourth-order valence-electron chi connectivity index (χ4n) is 2.43. The van der Waals surface area contributed by atoms with Gasteiger partial charge in [-0.1, -0.05) is 29.3 Å². The predicted molar refractivity (Wildman–Crippen MR) is 68.1 cm³/mol. The molecule has 1 aliphatic heterocycles. The molecular weight excluding hydrogens is 196 g/mol. The van der Waals surface area contributed by atoms with Crippen LogP contribution in [0.15, 0.2) is 18.2 Å². The van der Waals surface area contributed by atoms with Gasteiger partial charge in [0.05, 0.1) is 20.1 Å². The molecule has 0 N–H and O–H groups in total. The third-order valence-corrected chi connectivity index (χ3v) is 2.98. The van der Waals surface area contributed by atoms with Gasteiger partial charge in [-0.05, 0) is 19.4 Å². The van der Waals surface area contributed by atoms with Gasteiger partial charge in [0.25, 0.3) is 0 Å². The minimum absolute atomic E-state index is 1.03. The Kier molecular flexibility index (Phi) is 3.28. The molecular formula is C14H21N2+. The molecule has 0 bridgehead atoms. The van der Waals surface area contributed by atoms with E-state index in [-0.39, 0.29) is 0 Å². The van der Waals surface area contributed by atoms with Crippen molar-refractivity contribution in [2.24, 2.45) is 0 Å². The van der Waals surface area contributed by atoms with Gasteiger partial charge >= 0.3 is 0 Å². The van der Waals surface area contributed by atoms with Crippen LogP contribution >= 0.6 is 0 Å². The van der Waals surface area contributed by atoms with Crippen molar-refractivity contribution in [1.29, 1.82) is 0 Å². The summed E-state index contributed by atoms with van der Waals surface area (Å²) in [6, 6.07) is 6.81. The molecule has 2 nitrogen and oxygen atoms in total. The number of aryl methyl sites for hydroxylation is 2. The summed E-state index contributed by atoms with van der Waals surface area (Å²) in [4.78, 5) is 2.40. The first-order chi connectivity index (χ1) is 7.63. The quantitative estimate of drug-likeness (QED) is 0.688. The van der Waals surface area contributed by atoms with Gasteiger partial charge in [-0.2, -0.15) is 0 Å².